The van der Waals surface area contributed by atoms with E-state index in [1.165, 1.54) is 19.3 Å². The number of hydrogen-bond donors (Lipinski definition) is 2. The summed E-state index contributed by atoms with van der Waals surface area (Å²) in [5, 5.41) is 18.6. The van der Waals surface area contributed by atoms with Crippen LogP contribution in [0.15, 0.2) is 0 Å². The molecule has 0 unspecified atom stereocenters. The van der Waals surface area contributed by atoms with Gasteiger partial charge in [0.2, 0.25) is 0 Å². The largest absolute Gasteiger partial charge is 0.391 e. The second kappa shape index (κ2) is 4.07. The Balaban J connectivity index is 2.32. The molecule has 0 radical (unpaired) electrons. The monoisotopic (exact) mass is 158 g/mol. The first-order valence-corrected chi connectivity index (χ1v) is 4.58. The molecule has 2 heteroatoms. The molecule has 0 aliphatic heterocycles. The van der Waals surface area contributed by atoms with Crippen molar-refractivity contribution in [1.82, 2.24) is 0 Å². The van der Waals surface area contributed by atoms with E-state index < -0.39 is 12.2 Å². The zero-order valence-corrected chi connectivity index (χ0v) is 7.16. The number of aliphatic hydroxyl groups excluding tert-OH is 2. The van der Waals surface area contributed by atoms with Crippen molar-refractivity contribution in [2.75, 3.05) is 0 Å². The summed E-state index contributed by atoms with van der Waals surface area (Å²) >= 11 is 0. The first-order chi connectivity index (χ1) is 5.22. The van der Waals surface area contributed by atoms with Crippen molar-refractivity contribution in [2.45, 2.75) is 51.2 Å². The van der Waals surface area contributed by atoms with Crippen molar-refractivity contribution in [1.29, 1.82) is 0 Å². The van der Waals surface area contributed by atoms with Crippen molar-refractivity contribution >= 4 is 0 Å². The molecule has 2 atom stereocenters. The van der Waals surface area contributed by atoms with Gasteiger partial charge in [-0.3, -0.25) is 0 Å². The van der Waals surface area contributed by atoms with Crippen molar-refractivity contribution in [3.05, 3.63) is 0 Å². The maximum absolute atomic E-state index is 9.50. The highest BCUT2D eigenvalue weighted by Crippen LogP contribution is 2.27. The summed E-state index contributed by atoms with van der Waals surface area (Å²) in [6.07, 6.45) is 4.86. The summed E-state index contributed by atoms with van der Waals surface area (Å²) in [5.74, 6) is 0.351. The summed E-state index contributed by atoms with van der Waals surface area (Å²) < 4.78 is 0. The predicted molar refractivity (Wildman–Crippen MR) is 44.3 cm³/mol. The average molecular weight is 158 g/mol. The minimum absolute atomic E-state index is 0.351. The van der Waals surface area contributed by atoms with Gasteiger partial charge in [0.1, 0.15) is 0 Å². The molecule has 1 aliphatic carbocycles. The van der Waals surface area contributed by atoms with E-state index in [0.717, 1.165) is 12.8 Å². The van der Waals surface area contributed by atoms with Crippen LogP contribution in [0.4, 0.5) is 0 Å². The Labute approximate surface area is 68.2 Å². The fraction of sp³-hybridized carbons (Fsp3) is 1.00. The third-order valence-electron chi connectivity index (χ3n) is 2.63. The van der Waals surface area contributed by atoms with Crippen molar-refractivity contribution in [3.8, 4) is 0 Å². The second-order valence-corrected chi connectivity index (χ2v) is 3.63. The highest BCUT2D eigenvalue weighted by atomic mass is 16.3. The SMILES string of the molecule is C[C@H](O)[C@@H](O)C1CCCCC1. The van der Waals surface area contributed by atoms with Crippen LogP contribution in [0.2, 0.25) is 0 Å². The Morgan fingerprint density at radius 1 is 1.09 bits per heavy atom. The molecule has 0 aromatic rings. The minimum atomic E-state index is -0.557. The van der Waals surface area contributed by atoms with Crippen LogP contribution >= 0.6 is 0 Å². The van der Waals surface area contributed by atoms with Gasteiger partial charge < -0.3 is 10.2 Å². The molecular formula is C9H18O2. The smallest absolute Gasteiger partial charge is 0.0824 e. The van der Waals surface area contributed by atoms with Gasteiger partial charge in [-0.05, 0) is 25.7 Å². The molecule has 0 spiro atoms. The summed E-state index contributed by atoms with van der Waals surface area (Å²) in [6.45, 7) is 1.67. The second-order valence-electron chi connectivity index (χ2n) is 3.63. The minimum Gasteiger partial charge on any atom is -0.391 e. The molecule has 0 heterocycles. The van der Waals surface area contributed by atoms with Gasteiger partial charge in [-0.1, -0.05) is 19.3 Å². The molecular weight excluding hydrogens is 140 g/mol. The number of hydrogen-bond acceptors (Lipinski definition) is 2. The number of aliphatic hydroxyl groups is 2. The third-order valence-corrected chi connectivity index (χ3v) is 2.63. The highest BCUT2D eigenvalue weighted by molar-refractivity contribution is 4.76. The zero-order chi connectivity index (χ0) is 8.27. The van der Waals surface area contributed by atoms with Crippen LogP contribution in [0.5, 0.6) is 0 Å². The predicted octanol–water partition coefficient (Wildman–Crippen LogP) is 1.31. The molecule has 66 valence electrons. The van der Waals surface area contributed by atoms with Crippen molar-refractivity contribution in [3.63, 3.8) is 0 Å². The van der Waals surface area contributed by atoms with Gasteiger partial charge in [0.15, 0.2) is 0 Å². The van der Waals surface area contributed by atoms with E-state index in [2.05, 4.69) is 0 Å². The van der Waals surface area contributed by atoms with E-state index in [4.69, 9.17) is 5.11 Å². The lowest BCUT2D eigenvalue weighted by Gasteiger charge is -2.28. The Hall–Kier alpha value is -0.0800. The molecule has 2 N–H and O–H groups in total. The maximum atomic E-state index is 9.50. The van der Waals surface area contributed by atoms with Crippen LogP contribution in [0.3, 0.4) is 0 Å². The normalized spacial score (nSPS) is 26.5. The van der Waals surface area contributed by atoms with Crippen LogP contribution in [0.25, 0.3) is 0 Å². The molecule has 0 aromatic heterocycles. The molecule has 1 saturated carbocycles. The average Bonchev–Trinajstić information content (AvgIpc) is 2.05. The summed E-state index contributed by atoms with van der Waals surface area (Å²) in [5.41, 5.74) is 0. The van der Waals surface area contributed by atoms with E-state index in [1.54, 1.807) is 6.92 Å². The first-order valence-electron chi connectivity index (χ1n) is 4.58. The first kappa shape index (κ1) is 9.01. The molecule has 0 bridgehead atoms. The van der Waals surface area contributed by atoms with Gasteiger partial charge in [-0.25, -0.2) is 0 Å². The Morgan fingerprint density at radius 2 is 1.64 bits per heavy atom. The van der Waals surface area contributed by atoms with Gasteiger partial charge in [-0.2, -0.15) is 0 Å². The van der Waals surface area contributed by atoms with Crippen LogP contribution in [0.1, 0.15) is 39.0 Å². The lowest BCUT2D eigenvalue weighted by Crippen LogP contribution is -2.32. The fourth-order valence-corrected chi connectivity index (χ4v) is 1.87. The Bertz CT molecular complexity index is 106. The van der Waals surface area contributed by atoms with Gasteiger partial charge >= 0.3 is 0 Å². The summed E-state index contributed by atoms with van der Waals surface area (Å²) in [4.78, 5) is 0. The van der Waals surface area contributed by atoms with Crippen LogP contribution in [-0.4, -0.2) is 22.4 Å². The molecule has 2 nitrogen and oxygen atoms in total. The van der Waals surface area contributed by atoms with E-state index in [1.807, 2.05) is 0 Å². The standard InChI is InChI=1S/C9H18O2/c1-7(10)9(11)8-5-3-2-4-6-8/h7-11H,2-6H2,1H3/t7-,9+/m0/s1. The van der Waals surface area contributed by atoms with Crippen LogP contribution < -0.4 is 0 Å². The molecule has 1 fully saturated rings. The van der Waals surface area contributed by atoms with Crippen molar-refractivity contribution < 1.29 is 10.2 Å². The van der Waals surface area contributed by atoms with Gasteiger partial charge in [-0.15, -0.1) is 0 Å². The molecule has 0 amide bonds. The lowest BCUT2D eigenvalue weighted by atomic mass is 9.84. The summed E-state index contributed by atoms with van der Waals surface area (Å²) in [6, 6.07) is 0. The lowest BCUT2D eigenvalue weighted by molar-refractivity contribution is -0.0175. The van der Waals surface area contributed by atoms with E-state index >= 15 is 0 Å². The molecule has 1 aliphatic rings. The quantitative estimate of drug-likeness (QED) is 0.636. The summed E-state index contributed by atoms with van der Waals surface area (Å²) in [7, 11) is 0. The van der Waals surface area contributed by atoms with Crippen LogP contribution in [-0.2, 0) is 0 Å². The molecule has 0 aromatic carbocycles. The highest BCUT2D eigenvalue weighted by Gasteiger charge is 2.24. The molecule has 11 heavy (non-hydrogen) atoms. The number of rotatable bonds is 2. The topological polar surface area (TPSA) is 40.5 Å². The van der Waals surface area contributed by atoms with E-state index in [-0.39, 0.29) is 0 Å². The van der Waals surface area contributed by atoms with E-state index in [0.29, 0.717) is 5.92 Å². The molecule has 0 saturated heterocycles. The van der Waals surface area contributed by atoms with Gasteiger partial charge in [0.25, 0.3) is 0 Å². The Morgan fingerprint density at radius 3 is 2.09 bits per heavy atom. The van der Waals surface area contributed by atoms with Crippen molar-refractivity contribution in [2.24, 2.45) is 5.92 Å². The van der Waals surface area contributed by atoms with Gasteiger partial charge in [0, 0.05) is 0 Å². The van der Waals surface area contributed by atoms with Crippen LogP contribution in [0, 0.1) is 5.92 Å². The zero-order valence-electron chi connectivity index (χ0n) is 7.16. The molecule has 1 rings (SSSR count). The Kier molecular flexibility index (Phi) is 3.34. The van der Waals surface area contributed by atoms with E-state index in [9.17, 15) is 5.11 Å². The fourth-order valence-electron chi connectivity index (χ4n) is 1.87. The van der Waals surface area contributed by atoms with Gasteiger partial charge in [0.05, 0.1) is 12.2 Å². The third kappa shape index (κ3) is 2.46. The maximum Gasteiger partial charge on any atom is 0.0824 e.